The van der Waals surface area contributed by atoms with Gasteiger partial charge in [0.2, 0.25) is 0 Å². The third-order valence-corrected chi connectivity index (χ3v) is 6.72. The molecule has 8 heteroatoms. The number of halogens is 3. The first-order valence-corrected chi connectivity index (χ1v) is 9.20. The molecule has 0 bridgehead atoms. The molecule has 1 unspecified atom stereocenters. The van der Waals surface area contributed by atoms with Crippen molar-refractivity contribution in [3.8, 4) is 0 Å². The molecule has 116 valence electrons. The Morgan fingerprint density at radius 1 is 1.48 bits per heavy atom. The summed E-state index contributed by atoms with van der Waals surface area (Å²) in [7, 11) is 6.04. The van der Waals surface area contributed by atoms with Crippen molar-refractivity contribution < 1.29 is 0 Å². The van der Waals surface area contributed by atoms with E-state index in [4.69, 9.17) is 11.6 Å². The van der Waals surface area contributed by atoms with Gasteiger partial charge in [-0.3, -0.25) is 4.68 Å². The monoisotopic (exact) mass is 454 g/mol. The first-order chi connectivity index (χ1) is 9.93. The lowest BCUT2D eigenvalue weighted by atomic mass is 10.1. The van der Waals surface area contributed by atoms with Crippen LogP contribution >= 0.6 is 54.8 Å². The van der Waals surface area contributed by atoms with Crippen LogP contribution in [0.1, 0.15) is 16.6 Å². The van der Waals surface area contributed by atoms with E-state index in [1.54, 1.807) is 17.5 Å². The highest BCUT2D eigenvalue weighted by Crippen LogP contribution is 2.38. The molecular weight excluding hydrogens is 439 g/mol. The van der Waals surface area contributed by atoms with E-state index in [1.165, 1.54) is 4.88 Å². The largest absolute Gasteiger partial charge is 0.308 e. The quantitative estimate of drug-likeness (QED) is 0.714. The van der Waals surface area contributed by atoms with E-state index in [2.05, 4.69) is 53.2 Å². The van der Waals surface area contributed by atoms with Gasteiger partial charge in [0.25, 0.3) is 0 Å². The Kier molecular flexibility index (Phi) is 6.28. The average molecular weight is 457 g/mol. The fourth-order valence-corrected chi connectivity index (χ4v) is 4.51. The van der Waals surface area contributed by atoms with Gasteiger partial charge in [-0.1, -0.05) is 11.6 Å². The minimum absolute atomic E-state index is 0.0229. The number of nitrogens with zero attached hydrogens (tertiary/aromatic N) is 3. The molecule has 1 N–H and O–H groups in total. The van der Waals surface area contributed by atoms with Crippen molar-refractivity contribution in [3.63, 3.8) is 0 Å². The Hall–Kier alpha value is 0.0800. The van der Waals surface area contributed by atoms with Gasteiger partial charge in [0.1, 0.15) is 0 Å². The SMILES string of the molecule is CNC(c1cc(Br)c(Br)s1)c1c(Cl)cnn1CCN(C)C. The Morgan fingerprint density at radius 2 is 2.19 bits per heavy atom. The zero-order valence-corrected chi connectivity index (χ0v) is 16.8. The maximum atomic E-state index is 6.37. The van der Waals surface area contributed by atoms with E-state index >= 15 is 0 Å². The fraction of sp³-hybridized carbons (Fsp3) is 0.462. The van der Waals surface area contributed by atoms with Crippen molar-refractivity contribution in [3.05, 3.63) is 36.1 Å². The Balaban J connectivity index is 2.35. The average Bonchev–Trinajstić information content (AvgIpc) is 2.94. The van der Waals surface area contributed by atoms with Crippen LogP contribution in [-0.4, -0.2) is 42.4 Å². The Bertz CT molecular complexity index is 592. The summed E-state index contributed by atoms with van der Waals surface area (Å²) in [5.41, 5.74) is 1.00. The molecule has 0 aliphatic rings. The van der Waals surface area contributed by atoms with Gasteiger partial charge >= 0.3 is 0 Å². The molecule has 21 heavy (non-hydrogen) atoms. The molecule has 0 saturated heterocycles. The summed E-state index contributed by atoms with van der Waals surface area (Å²) in [5, 5.41) is 8.44. The molecule has 2 rings (SSSR count). The van der Waals surface area contributed by atoms with Gasteiger partial charge in [0, 0.05) is 15.9 Å². The van der Waals surface area contributed by atoms with E-state index in [0.717, 1.165) is 27.0 Å². The van der Waals surface area contributed by atoms with Crippen LogP contribution in [-0.2, 0) is 6.54 Å². The highest BCUT2D eigenvalue weighted by molar-refractivity contribution is 9.13. The number of aromatic nitrogens is 2. The van der Waals surface area contributed by atoms with Gasteiger partial charge in [-0.2, -0.15) is 5.10 Å². The highest BCUT2D eigenvalue weighted by Gasteiger charge is 2.23. The summed E-state index contributed by atoms with van der Waals surface area (Å²) < 4.78 is 4.11. The minimum atomic E-state index is 0.0229. The molecule has 2 aromatic heterocycles. The Labute approximate surface area is 150 Å². The van der Waals surface area contributed by atoms with E-state index < -0.39 is 0 Å². The van der Waals surface area contributed by atoms with Crippen LogP contribution in [0.2, 0.25) is 5.02 Å². The summed E-state index contributed by atoms with van der Waals surface area (Å²) in [5.74, 6) is 0. The lowest BCUT2D eigenvalue weighted by Crippen LogP contribution is -2.25. The number of likely N-dealkylation sites (N-methyl/N-ethyl adjacent to an activating group) is 1. The lowest BCUT2D eigenvalue weighted by molar-refractivity contribution is 0.366. The fourth-order valence-electron chi connectivity index (χ4n) is 2.05. The summed E-state index contributed by atoms with van der Waals surface area (Å²) in [4.78, 5) is 3.32. The van der Waals surface area contributed by atoms with Crippen LogP contribution in [0.15, 0.2) is 20.5 Å². The van der Waals surface area contributed by atoms with Gasteiger partial charge in [0.05, 0.1) is 33.3 Å². The van der Waals surface area contributed by atoms with Gasteiger partial charge in [-0.25, -0.2) is 0 Å². The summed E-state index contributed by atoms with van der Waals surface area (Å²) in [6.07, 6.45) is 1.72. The number of rotatable bonds is 6. The molecule has 0 saturated carbocycles. The number of nitrogens with one attached hydrogen (secondary N) is 1. The van der Waals surface area contributed by atoms with Crippen molar-refractivity contribution in [2.24, 2.45) is 0 Å². The molecule has 2 heterocycles. The van der Waals surface area contributed by atoms with Crippen molar-refractivity contribution in [1.82, 2.24) is 20.0 Å². The second-order valence-electron chi connectivity index (χ2n) is 4.90. The summed E-state index contributed by atoms with van der Waals surface area (Å²) in [6.45, 7) is 1.72. The normalized spacial score (nSPS) is 13.1. The molecule has 0 radical (unpaired) electrons. The van der Waals surface area contributed by atoms with E-state index in [1.807, 2.05) is 25.8 Å². The molecule has 0 fully saturated rings. The molecule has 1 atom stereocenters. The zero-order valence-electron chi connectivity index (χ0n) is 12.0. The first kappa shape index (κ1) is 17.4. The van der Waals surface area contributed by atoms with Gasteiger partial charge in [-0.15, -0.1) is 11.3 Å². The molecule has 4 nitrogen and oxygen atoms in total. The molecule has 0 aromatic carbocycles. The van der Waals surface area contributed by atoms with Crippen molar-refractivity contribution in [2.45, 2.75) is 12.6 Å². The molecule has 0 spiro atoms. The van der Waals surface area contributed by atoms with Crippen molar-refractivity contribution in [1.29, 1.82) is 0 Å². The molecule has 0 amide bonds. The number of hydrogen-bond acceptors (Lipinski definition) is 4. The summed E-state index contributed by atoms with van der Waals surface area (Å²) in [6, 6.07) is 2.13. The topological polar surface area (TPSA) is 33.1 Å². The predicted octanol–water partition coefficient (Wildman–Crippen LogP) is 3.99. The predicted molar refractivity (Wildman–Crippen MR) is 96.4 cm³/mol. The Morgan fingerprint density at radius 3 is 2.71 bits per heavy atom. The second-order valence-corrected chi connectivity index (χ2v) is 8.56. The lowest BCUT2D eigenvalue weighted by Gasteiger charge is -2.18. The van der Waals surface area contributed by atoms with Crippen LogP contribution in [0, 0.1) is 0 Å². The van der Waals surface area contributed by atoms with E-state index in [0.29, 0.717) is 5.02 Å². The molecular formula is C13H17Br2ClN4S. The van der Waals surface area contributed by atoms with E-state index in [9.17, 15) is 0 Å². The highest BCUT2D eigenvalue weighted by atomic mass is 79.9. The molecule has 0 aliphatic carbocycles. The van der Waals surface area contributed by atoms with Crippen molar-refractivity contribution in [2.75, 3.05) is 27.7 Å². The smallest absolute Gasteiger partial charge is 0.0855 e. The number of thiophene rings is 1. The van der Waals surface area contributed by atoms with Crippen LogP contribution in [0.25, 0.3) is 0 Å². The molecule has 2 aromatic rings. The van der Waals surface area contributed by atoms with Gasteiger partial charge in [0.15, 0.2) is 0 Å². The summed E-state index contributed by atoms with van der Waals surface area (Å²) >= 11 is 15.1. The maximum Gasteiger partial charge on any atom is 0.0855 e. The van der Waals surface area contributed by atoms with Crippen LogP contribution in [0.3, 0.4) is 0 Å². The zero-order chi connectivity index (χ0) is 15.6. The molecule has 0 aliphatic heterocycles. The third-order valence-electron chi connectivity index (χ3n) is 3.10. The van der Waals surface area contributed by atoms with Crippen LogP contribution in [0.4, 0.5) is 0 Å². The van der Waals surface area contributed by atoms with Crippen LogP contribution in [0.5, 0.6) is 0 Å². The standard InChI is InChI=1S/C13H17Br2ClN4S/c1-17-11(10-6-8(14)13(15)21-10)12-9(16)7-18-20(12)5-4-19(2)3/h6-7,11,17H,4-5H2,1-3H3. The van der Waals surface area contributed by atoms with Gasteiger partial charge in [-0.05, 0) is 59.1 Å². The third kappa shape index (κ3) is 4.09. The minimum Gasteiger partial charge on any atom is -0.308 e. The number of hydrogen-bond donors (Lipinski definition) is 1. The maximum absolute atomic E-state index is 6.37. The van der Waals surface area contributed by atoms with Crippen molar-refractivity contribution >= 4 is 54.8 Å². The van der Waals surface area contributed by atoms with E-state index in [-0.39, 0.29) is 6.04 Å². The van der Waals surface area contributed by atoms with Crippen LogP contribution < -0.4 is 5.32 Å². The van der Waals surface area contributed by atoms with Gasteiger partial charge < -0.3 is 10.2 Å². The second kappa shape index (κ2) is 7.57. The first-order valence-electron chi connectivity index (χ1n) is 6.42.